The first kappa shape index (κ1) is 18.0. The first-order valence-corrected chi connectivity index (χ1v) is 8.99. The van der Waals surface area contributed by atoms with Gasteiger partial charge < -0.3 is 5.11 Å². The number of hydrogen-bond donors (Lipinski definition) is 2. The number of rotatable bonds is 6. The van der Waals surface area contributed by atoms with Crippen LogP contribution in [0.3, 0.4) is 0 Å². The number of aliphatic hydroxyl groups excluding tert-OH is 1. The summed E-state index contributed by atoms with van der Waals surface area (Å²) in [6.07, 6.45) is 8.20. The standard InChI is InChI=1S/C22H19FN4O/c23-18-5-3-15(4-6-18)19(17-2-1-9-25-13-17)12-21(28)22-20(14-26-27-22)16-7-10-24-11-8-16/h1-11,13-14,19,21,28H,12H2,(H,26,27). The molecule has 0 bridgehead atoms. The molecular formula is C22H19FN4O. The van der Waals surface area contributed by atoms with Crippen molar-refractivity contribution in [3.8, 4) is 11.1 Å². The maximum absolute atomic E-state index is 13.4. The number of aliphatic hydroxyl groups is 1. The summed E-state index contributed by atoms with van der Waals surface area (Å²) in [5.74, 6) is -0.430. The molecule has 140 valence electrons. The maximum Gasteiger partial charge on any atom is 0.123 e. The minimum Gasteiger partial charge on any atom is -0.387 e. The lowest BCUT2D eigenvalue weighted by molar-refractivity contribution is 0.157. The van der Waals surface area contributed by atoms with Gasteiger partial charge in [0.15, 0.2) is 0 Å². The molecule has 6 heteroatoms. The highest BCUT2D eigenvalue weighted by Crippen LogP contribution is 2.36. The van der Waals surface area contributed by atoms with Crippen molar-refractivity contribution >= 4 is 0 Å². The molecule has 0 aliphatic carbocycles. The van der Waals surface area contributed by atoms with Crippen molar-refractivity contribution in [2.75, 3.05) is 0 Å². The van der Waals surface area contributed by atoms with E-state index in [2.05, 4.69) is 20.2 Å². The van der Waals surface area contributed by atoms with Crippen LogP contribution in [-0.2, 0) is 0 Å². The summed E-state index contributed by atoms with van der Waals surface area (Å²) in [4.78, 5) is 8.23. The fourth-order valence-electron chi connectivity index (χ4n) is 3.39. The van der Waals surface area contributed by atoms with Crippen LogP contribution in [0.1, 0.15) is 35.3 Å². The van der Waals surface area contributed by atoms with E-state index in [4.69, 9.17) is 0 Å². The third kappa shape index (κ3) is 3.82. The Morgan fingerprint density at radius 2 is 1.68 bits per heavy atom. The van der Waals surface area contributed by atoms with Crippen LogP contribution < -0.4 is 0 Å². The van der Waals surface area contributed by atoms with E-state index in [1.165, 1.54) is 12.1 Å². The van der Waals surface area contributed by atoms with Gasteiger partial charge in [0.1, 0.15) is 5.82 Å². The minimum absolute atomic E-state index is 0.141. The third-order valence-corrected chi connectivity index (χ3v) is 4.81. The van der Waals surface area contributed by atoms with Crippen LogP contribution in [-0.4, -0.2) is 25.3 Å². The molecule has 0 saturated heterocycles. The second kappa shape index (κ2) is 8.10. The summed E-state index contributed by atoms with van der Waals surface area (Å²) < 4.78 is 13.4. The number of halogens is 1. The van der Waals surface area contributed by atoms with Gasteiger partial charge in [-0.1, -0.05) is 18.2 Å². The maximum atomic E-state index is 13.4. The van der Waals surface area contributed by atoms with E-state index in [1.807, 2.05) is 24.3 Å². The van der Waals surface area contributed by atoms with Crippen LogP contribution >= 0.6 is 0 Å². The summed E-state index contributed by atoms with van der Waals surface area (Å²) in [6, 6.07) is 13.9. The molecule has 0 radical (unpaired) electrons. The molecule has 2 N–H and O–H groups in total. The number of hydrogen-bond acceptors (Lipinski definition) is 4. The Morgan fingerprint density at radius 1 is 0.893 bits per heavy atom. The average molecular weight is 374 g/mol. The normalized spacial score (nSPS) is 13.2. The average Bonchev–Trinajstić information content (AvgIpc) is 3.24. The predicted molar refractivity (Wildman–Crippen MR) is 104 cm³/mol. The van der Waals surface area contributed by atoms with Crippen LogP contribution in [0.15, 0.2) is 79.5 Å². The van der Waals surface area contributed by atoms with Crippen LogP contribution in [0.4, 0.5) is 4.39 Å². The lowest BCUT2D eigenvalue weighted by Gasteiger charge is -2.21. The van der Waals surface area contributed by atoms with Crippen molar-refractivity contribution in [1.29, 1.82) is 0 Å². The molecule has 0 aliphatic rings. The number of H-pyrrole nitrogens is 1. The van der Waals surface area contributed by atoms with Gasteiger partial charge in [0.05, 0.1) is 18.0 Å². The Morgan fingerprint density at radius 3 is 2.39 bits per heavy atom. The first-order valence-electron chi connectivity index (χ1n) is 8.99. The molecule has 3 heterocycles. The summed E-state index contributed by atoms with van der Waals surface area (Å²) in [5.41, 5.74) is 4.27. The number of nitrogens with one attached hydrogen (secondary N) is 1. The molecule has 2 atom stereocenters. The van der Waals surface area contributed by atoms with E-state index in [9.17, 15) is 9.50 Å². The van der Waals surface area contributed by atoms with Gasteiger partial charge in [-0.3, -0.25) is 15.1 Å². The number of aromatic nitrogens is 4. The molecule has 0 aliphatic heterocycles. The molecule has 0 saturated carbocycles. The number of nitrogens with zero attached hydrogens (tertiary/aromatic N) is 3. The Hall–Kier alpha value is -3.38. The van der Waals surface area contributed by atoms with Crippen molar-refractivity contribution in [3.05, 3.63) is 102 Å². The number of pyridine rings is 2. The monoisotopic (exact) mass is 374 g/mol. The van der Waals surface area contributed by atoms with Gasteiger partial charge in [-0.25, -0.2) is 4.39 Å². The summed E-state index contributed by atoms with van der Waals surface area (Å²) in [5, 5.41) is 18.1. The Labute approximate surface area is 161 Å². The Kier molecular flexibility index (Phi) is 5.21. The van der Waals surface area contributed by atoms with Gasteiger partial charge in [-0.15, -0.1) is 0 Å². The molecule has 4 aromatic rings. The smallest absolute Gasteiger partial charge is 0.123 e. The molecule has 0 spiro atoms. The van der Waals surface area contributed by atoms with Gasteiger partial charge in [0, 0.05) is 36.3 Å². The van der Waals surface area contributed by atoms with Gasteiger partial charge in [-0.2, -0.15) is 5.10 Å². The molecule has 0 fully saturated rings. The summed E-state index contributed by atoms with van der Waals surface area (Å²) >= 11 is 0. The zero-order chi connectivity index (χ0) is 19.3. The zero-order valence-electron chi connectivity index (χ0n) is 15.0. The lowest BCUT2D eigenvalue weighted by atomic mass is 9.86. The van der Waals surface area contributed by atoms with Gasteiger partial charge in [0.25, 0.3) is 0 Å². The quantitative estimate of drug-likeness (QED) is 0.529. The van der Waals surface area contributed by atoms with Crippen molar-refractivity contribution in [3.63, 3.8) is 0 Å². The van der Waals surface area contributed by atoms with Crippen molar-refractivity contribution < 1.29 is 9.50 Å². The predicted octanol–water partition coefficient (Wildman–Crippen LogP) is 4.26. The van der Waals surface area contributed by atoms with Crippen LogP contribution in [0.5, 0.6) is 0 Å². The summed E-state index contributed by atoms with van der Waals surface area (Å²) in [7, 11) is 0. The second-order valence-electron chi connectivity index (χ2n) is 6.58. The SMILES string of the molecule is OC(CC(c1ccc(F)cc1)c1cccnc1)c1[nH]ncc1-c1ccncc1. The van der Waals surface area contributed by atoms with E-state index in [1.54, 1.807) is 43.1 Å². The minimum atomic E-state index is -0.791. The van der Waals surface area contributed by atoms with Crippen molar-refractivity contribution in [2.45, 2.75) is 18.4 Å². The third-order valence-electron chi connectivity index (χ3n) is 4.81. The lowest BCUT2D eigenvalue weighted by Crippen LogP contribution is -2.09. The van der Waals surface area contributed by atoms with Gasteiger partial charge in [0.2, 0.25) is 0 Å². The molecule has 0 amide bonds. The van der Waals surface area contributed by atoms with E-state index in [0.29, 0.717) is 12.1 Å². The topological polar surface area (TPSA) is 74.7 Å². The molecule has 1 aromatic carbocycles. The fourth-order valence-corrected chi connectivity index (χ4v) is 3.39. The van der Waals surface area contributed by atoms with Crippen LogP contribution in [0.25, 0.3) is 11.1 Å². The van der Waals surface area contributed by atoms with E-state index >= 15 is 0 Å². The molecular weight excluding hydrogens is 355 g/mol. The number of aromatic amines is 1. The highest BCUT2D eigenvalue weighted by molar-refractivity contribution is 5.65. The highest BCUT2D eigenvalue weighted by Gasteiger charge is 2.23. The molecule has 5 nitrogen and oxygen atoms in total. The zero-order valence-corrected chi connectivity index (χ0v) is 15.0. The number of benzene rings is 1. The summed E-state index contributed by atoms with van der Waals surface area (Å²) in [6.45, 7) is 0. The van der Waals surface area contributed by atoms with Crippen molar-refractivity contribution in [1.82, 2.24) is 20.2 Å². The first-order chi connectivity index (χ1) is 13.7. The van der Waals surface area contributed by atoms with Gasteiger partial charge >= 0.3 is 0 Å². The van der Waals surface area contributed by atoms with Crippen LogP contribution in [0.2, 0.25) is 0 Å². The second-order valence-corrected chi connectivity index (χ2v) is 6.58. The molecule has 28 heavy (non-hydrogen) atoms. The largest absolute Gasteiger partial charge is 0.387 e. The van der Waals surface area contributed by atoms with Gasteiger partial charge in [-0.05, 0) is 53.4 Å². The Balaban J connectivity index is 1.66. The molecule has 3 aromatic heterocycles. The molecule has 2 unspecified atom stereocenters. The van der Waals surface area contributed by atoms with E-state index in [-0.39, 0.29) is 11.7 Å². The molecule has 4 rings (SSSR count). The fraction of sp³-hybridized carbons (Fsp3) is 0.136. The van der Waals surface area contributed by atoms with E-state index in [0.717, 1.165) is 22.3 Å². The Bertz CT molecular complexity index is 1020. The van der Waals surface area contributed by atoms with Crippen molar-refractivity contribution in [2.24, 2.45) is 0 Å². The van der Waals surface area contributed by atoms with E-state index < -0.39 is 6.10 Å². The highest BCUT2D eigenvalue weighted by atomic mass is 19.1. The van der Waals surface area contributed by atoms with Crippen LogP contribution in [0, 0.1) is 5.82 Å².